The van der Waals surface area contributed by atoms with Gasteiger partial charge in [0.15, 0.2) is 0 Å². The van der Waals surface area contributed by atoms with Crippen LogP contribution >= 0.6 is 0 Å². The van der Waals surface area contributed by atoms with E-state index >= 15 is 0 Å². The Balaban J connectivity index is 2.29. The number of hydrogen-bond donors (Lipinski definition) is 0. The molecular weight excluding hydrogens is 284 g/mol. The van der Waals surface area contributed by atoms with E-state index in [4.69, 9.17) is 4.74 Å². The van der Waals surface area contributed by atoms with Crippen LogP contribution in [0.15, 0.2) is 30.4 Å². The summed E-state index contributed by atoms with van der Waals surface area (Å²) < 4.78 is 5.31. The van der Waals surface area contributed by atoms with Crippen molar-refractivity contribution >= 4 is 6.29 Å². The zero-order valence-electron chi connectivity index (χ0n) is 14.4. The highest BCUT2D eigenvalue weighted by molar-refractivity contribution is 5.65. The average Bonchev–Trinajstić information content (AvgIpc) is 2.57. The van der Waals surface area contributed by atoms with Crippen molar-refractivity contribution in [3.8, 4) is 17.6 Å². The molecule has 0 aromatic heterocycles. The van der Waals surface area contributed by atoms with E-state index < -0.39 is 0 Å². The van der Waals surface area contributed by atoms with Crippen molar-refractivity contribution in [3.05, 3.63) is 41.5 Å². The molecule has 23 heavy (non-hydrogen) atoms. The van der Waals surface area contributed by atoms with E-state index in [-0.39, 0.29) is 5.92 Å². The molecule has 2 heteroatoms. The number of carbonyl (C=O) groups excluding carboxylic acids is 1. The molecule has 2 rings (SSSR count). The zero-order chi connectivity index (χ0) is 16.8. The van der Waals surface area contributed by atoms with Gasteiger partial charge in [-0.2, -0.15) is 0 Å². The van der Waals surface area contributed by atoms with E-state index in [2.05, 4.69) is 37.5 Å². The molecule has 0 aliphatic heterocycles. The predicted molar refractivity (Wildman–Crippen MR) is 94.6 cm³/mol. The number of aryl methyl sites for hydroxylation is 1. The van der Waals surface area contributed by atoms with Crippen molar-refractivity contribution in [2.75, 3.05) is 7.11 Å². The number of rotatable bonds is 6. The first-order valence-electron chi connectivity index (χ1n) is 8.29. The van der Waals surface area contributed by atoms with Crippen molar-refractivity contribution in [3.63, 3.8) is 0 Å². The highest BCUT2D eigenvalue weighted by Gasteiger charge is 2.34. The first-order chi connectivity index (χ1) is 11.1. The Kier molecular flexibility index (Phi) is 6.04. The van der Waals surface area contributed by atoms with E-state index in [0.29, 0.717) is 11.8 Å². The lowest BCUT2D eigenvalue weighted by molar-refractivity contribution is -0.110. The van der Waals surface area contributed by atoms with Gasteiger partial charge in [-0.25, -0.2) is 0 Å². The molecule has 1 aliphatic rings. The second-order valence-electron chi connectivity index (χ2n) is 6.35. The van der Waals surface area contributed by atoms with Crippen LogP contribution in [0.25, 0.3) is 0 Å². The molecule has 1 aromatic carbocycles. The van der Waals surface area contributed by atoms with Gasteiger partial charge < -0.3 is 9.53 Å². The molecule has 0 radical (unpaired) electrons. The number of hydrogen-bond acceptors (Lipinski definition) is 2. The summed E-state index contributed by atoms with van der Waals surface area (Å²) in [5.41, 5.74) is 3.56. The SMILES string of the molecule is C=C(C)C(CCC#CC)[C@H]1CCc2cc(OC)ccc2[C@H]1C=O. The molecule has 0 saturated heterocycles. The van der Waals surface area contributed by atoms with E-state index in [1.165, 1.54) is 5.56 Å². The third-order valence-electron chi connectivity index (χ3n) is 4.97. The summed E-state index contributed by atoms with van der Waals surface area (Å²) in [5.74, 6) is 7.58. The normalized spacial score (nSPS) is 20.7. The number of fused-ring (bicyclic) bond motifs is 1. The molecule has 0 heterocycles. The van der Waals surface area contributed by atoms with Crippen LogP contribution < -0.4 is 4.74 Å². The second kappa shape index (κ2) is 8.02. The van der Waals surface area contributed by atoms with Crippen LogP contribution in [0.3, 0.4) is 0 Å². The van der Waals surface area contributed by atoms with Gasteiger partial charge in [-0.3, -0.25) is 0 Å². The number of carbonyl (C=O) groups is 1. The highest BCUT2D eigenvalue weighted by atomic mass is 16.5. The molecule has 3 atom stereocenters. The summed E-state index contributed by atoms with van der Waals surface area (Å²) in [6.07, 6.45) is 4.98. The van der Waals surface area contributed by atoms with Crippen molar-refractivity contribution in [1.29, 1.82) is 0 Å². The van der Waals surface area contributed by atoms with E-state index in [0.717, 1.165) is 48.9 Å². The van der Waals surface area contributed by atoms with Crippen LogP contribution in [0.4, 0.5) is 0 Å². The number of benzene rings is 1. The van der Waals surface area contributed by atoms with E-state index in [1.54, 1.807) is 7.11 Å². The lowest BCUT2D eigenvalue weighted by Gasteiger charge is -2.36. The van der Waals surface area contributed by atoms with Crippen LogP contribution in [0, 0.1) is 23.7 Å². The van der Waals surface area contributed by atoms with Gasteiger partial charge in [0.2, 0.25) is 0 Å². The van der Waals surface area contributed by atoms with Crippen molar-refractivity contribution in [2.24, 2.45) is 11.8 Å². The van der Waals surface area contributed by atoms with Gasteiger partial charge in [-0.1, -0.05) is 18.2 Å². The Morgan fingerprint density at radius 2 is 2.30 bits per heavy atom. The number of aldehydes is 1. The number of ether oxygens (including phenoxy) is 1. The van der Waals surface area contributed by atoms with Gasteiger partial charge in [0.1, 0.15) is 12.0 Å². The minimum atomic E-state index is -0.0547. The molecule has 0 saturated carbocycles. The van der Waals surface area contributed by atoms with Gasteiger partial charge in [0, 0.05) is 12.3 Å². The lowest BCUT2D eigenvalue weighted by atomic mass is 9.67. The first-order valence-corrected chi connectivity index (χ1v) is 8.29. The summed E-state index contributed by atoms with van der Waals surface area (Å²) in [5, 5.41) is 0. The monoisotopic (exact) mass is 310 g/mol. The highest BCUT2D eigenvalue weighted by Crippen LogP contribution is 2.43. The standard InChI is InChI=1S/C21H26O2/c1-5-6-7-8-18(15(2)3)20-11-9-16-13-17(23-4)10-12-19(16)21(20)14-22/h10,12-14,18,20-21H,2,7-9,11H2,1,3-4H3/t18?,20-,21-/m1/s1. The minimum Gasteiger partial charge on any atom is -0.497 e. The Labute approximate surface area is 139 Å². The van der Waals surface area contributed by atoms with Crippen LogP contribution in [0.2, 0.25) is 0 Å². The predicted octanol–water partition coefficient (Wildman–Crippen LogP) is 4.54. The zero-order valence-corrected chi connectivity index (χ0v) is 14.4. The summed E-state index contributed by atoms with van der Waals surface area (Å²) in [6, 6.07) is 6.08. The number of methoxy groups -OCH3 is 1. The maximum atomic E-state index is 11.9. The molecule has 0 fully saturated rings. The topological polar surface area (TPSA) is 26.3 Å². The molecule has 0 amide bonds. The third-order valence-corrected chi connectivity index (χ3v) is 4.97. The van der Waals surface area contributed by atoms with Crippen molar-refractivity contribution in [1.82, 2.24) is 0 Å². The maximum absolute atomic E-state index is 11.9. The third kappa shape index (κ3) is 3.85. The molecule has 0 bridgehead atoms. The molecule has 0 spiro atoms. The van der Waals surface area contributed by atoms with Gasteiger partial charge in [-0.15, -0.1) is 11.8 Å². The van der Waals surface area contributed by atoms with Crippen LogP contribution in [0.1, 0.15) is 50.2 Å². The fraction of sp³-hybridized carbons (Fsp3) is 0.476. The van der Waals surface area contributed by atoms with E-state index in [1.807, 2.05) is 13.0 Å². The summed E-state index contributed by atoms with van der Waals surface area (Å²) in [6.45, 7) is 8.13. The van der Waals surface area contributed by atoms with E-state index in [9.17, 15) is 4.79 Å². The lowest BCUT2D eigenvalue weighted by Crippen LogP contribution is -2.29. The fourth-order valence-electron chi connectivity index (χ4n) is 3.79. The molecule has 1 aliphatic carbocycles. The van der Waals surface area contributed by atoms with Gasteiger partial charge in [0.05, 0.1) is 7.11 Å². The largest absolute Gasteiger partial charge is 0.497 e. The Bertz CT molecular complexity index is 633. The van der Waals surface area contributed by atoms with Crippen LogP contribution in [-0.2, 0) is 11.2 Å². The molecule has 0 N–H and O–H groups in total. The summed E-state index contributed by atoms with van der Waals surface area (Å²) in [7, 11) is 1.68. The Hall–Kier alpha value is -2.01. The second-order valence-corrected chi connectivity index (χ2v) is 6.35. The molecular formula is C21H26O2. The molecule has 122 valence electrons. The fourth-order valence-corrected chi connectivity index (χ4v) is 3.79. The molecule has 1 unspecified atom stereocenters. The Morgan fingerprint density at radius 3 is 2.91 bits per heavy atom. The van der Waals surface area contributed by atoms with Gasteiger partial charge in [-0.05, 0) is 68.2 Å². The van der Waals surface area contributed by atoms with Gasteiger partial charge in [0.25, 0.3) is 0 Å². The average molecular weight is 310 g/mol. The summed E-state index contributed by atoms with van der Waals surface area (Å²) in [4.78, 5) is 11.9. The van der Waals surface area contributed by atoms with Crippen LogP contribution in [-0.4, -0.2) is 13.4 Å². The summed E-state index contributed by atoms with van der Waals surface area (Å²) >= 11 is 0. The molecule has 1 aromatic rings. The maximum Gasteiger partial charge on any atom is 0.127 e. The van der Waals surface area contributed by atoms with Gasteiger partial charge >= 0.3 is 0 Å². The first kappa shape index (κ1) is 17.3. The quantitative estimate of drug-likeness (QED) is 0.438. The van der Waals surface area contributed by atoms with Crippen molar-refractivity contribution < 1.29 is 9.53 Å². The minimum absolute atomic E-state index is 0.0547. The molecule has 2 nitrogen and oxygen atoms in total. The number of allylic oxidation sites excluding steroid dienone is 1. The van der Waals surface area contributed by atoms with Crippen molar-refractivity contribution in [2.45, 2.75) is 45.4 Å². The smallest absolute Gasteiger partial charge is 0.127 e. The Morgan fingerprint density at radius 1 is 1.52 bits per heavy atom. The van der Waals surface area contributed by atoms with Crippen LogP contribution in [0.5, 0.6) is 5.75 Å².